The van der Waals surface area contributed by atoms with E-state index in [1.54, 1.807) is 6.92 Å². The standard InChI is InChI=1S/C23H29N3O6/c1-4-5-13-24-23(28)17(2)25(15-18-9-7-6-8-10-18)22(27)16-32-19-11-12-20(26(29)30)21(14-19)31-3/h6-12,14,17H,4-5,13,15-16H2,1-3H3,(H,24,28)/t17-/m0/s1. The third kappa shape index (κ3) is 6.97. The van der Waals surface area contributed by atoms with Gasteiger partial charge in [0.2, 0.25) is 11.7 Å². The zero-order valence-electron chi connectivity index (χ0n) is 18.6. The number of carbonyl (C=O) groups is 2. The number of nitro groups is 1. The maximum atomic E-state index is 13.0. The first kappa shape index (κ1) is 24.6. The van der Waals surface area contributed by atoms with Gasteiger partial charge in [-0.1, -0.05) is 43.7 Å². The van der Waals surface area contributed by atoms with Crippen LogP contribution in [0.2, 0.25) is 0 Å². The second kappa shape index (κ2) is 12.3. The summed E-state index contributed by atoms with van der Waals surface area (Å²) in [6.45, 7) is 4.17. The smallest absolute Gasteiger partial charge is 0.311 e. The van der Waals surface area contributed by atoms with Gasteiger partial charge in [-0.2, -0.15) is 0 Å². The molecule has 2 amide bonds. The number of nitro benzene ring substituents is 1. The molecule has 0 heterocycles. The lowest BCUT2D eigenvalue weighted by molar-refractivity contribution is -0.385. The van der Waals surface area contributed by atoms with Gasteiger partial charge in [0.15, 0.2) is 6.61 Å². The van der Waals surface area contributed by atoms with Crippen LogP contribution in [0.3, 0.4) is 0 Å². The van der Waals surface area contributed by atoms with Crippen molar-refractivity contribution in [1.82, 2.24) is 10.2 Å². The fourth-order valence-corrected chi connectivity index (χ4v) is 3.03. The Morgan fingerprint density at radius 3 is 2.53 bits per heavy atom. The van der Waals surface area contributed by atoms with Crippen molar-refractivity contribution in [3.8, 4) is 11.5 Å². The third-order valence-corrected chi connectivity index (χ3v) is 4.90. The van der Waals surface area contributed by atoms with E-state index in [-0.39, 0.29) is 42.2 Å². The highest BCUT2D eigenvalue weighted by atomic mass is 16.6. The molecule has 0 aromatic heterocycles. The van der Waals surface area contributed by atoms with Gasteiger partial charge in [0.25, 0.3) is 5.91 Å². The molecule has 172 valence electrons. The molecule has 0 bridgehead atoms. The minimum atomic E-state index is -0.699. The number of carbonyl (C=O) groups excluding carboxylic acids is 2. The molecule has 0 aliphatic heterocycles. The van der Waals surface area contributed by atoms with Crippen LogP contribution in [0, 0.1) is 10.1 Å². The molecule has 0 spiro atoms. The van der Waals surface area contributed by atoms with Crippen LogP contribution in [0.25, 0.3) is 0 Å². The zero-order chi connectivity index (χ0) is 23.5. The summed E-state index contributed by atoms with van der Waals surface area (Å²) in [6.07, 6.45) is 1.81. The molecule has 2 rings (SSSR count). The molecular weight excluding hydrogens is 414 g/mol. The average Bonchev–Trinajstić information content (AvgIpc) is 2.80. The second-order valence-electron chi connectivity index (χ2n) is 7.21. The predicted molar refractivity (Wildman–Crippen MR) is 120 cm³/mol. The number of benzene rings is 2. The van der Waals surface area contributed by atoms with Crippen molar-refractivity contribution in [1.29, 1.82) is 0 Å². The zero-order valence-corrected chi connectivity index (χ0v) is 18.6. The number of hydrogen-bond donors (Lipinski definition) is 1. The Morgan fingerprint density at radius 2 is 1.91 bits per heavy atom. The molecule has 2 aromatic carbocycles. The first-order chi connectivity index (χ1) is 15.4. The topological polar surface area (TPSA) is 111 Å². The Hall–Kier alpha value is -3.62. The molecule has 0 radical (unpaired) electrons. The van der Waals surface area contributed by atoms with Crippen molar-refractivity contribution in [2.45, 2.75) is 39.3 Å². The molecule has 9 nitrogen and oxygen atoms in total. The fourth-order valence-electron chi connectivity index (χ4n) is 3.03. The van der Waals surface area contributed by atoms with E-state index in [1.807, 2.05) is 37.3 Å². The Bertz CT molecular complexity index is 919. The van der Waals surface area contributed by atoms with Crippen LogP contribution in [-0.4, -0.2) is 47.9 Å². The fraction of sp³-hybridized carbons (Fsp3) is 0.391. The van der Waals surface area contributed by atoms with Crippen LogP contribution in [0.15, 0.2) is 48.5 Å². The van der Waals surface area contributed by atoms with Crippen LogP contribution >= 0.6 is 0 Å². The van der Waals surface area contributed by atoms with E-state index in [2.05, 4.69) is 5.32 Å². The van der Waals surface area contributed by atoms with E-state index in [1.165, 1.54) is 30.2 Å². The van der Waals surface area contributed by atoms with Crippen molar-refractivity contribution in [3.05, 3.63) is 64.2 Å². The molecule has 0 saturated carbocycles. The lowest BCUT2D eigenvalue weighted by atomic mass is 10.1. The summed E-state index contributed by atoms with van der Waals surface area (Å²) >= 11 is 0. The predicted octanol–water partition coefficient (Wildman–Crippen LogP) is 3.32. The number of nitrogens with zero attached hydrogens (tertiary/aromatic N) is 2. The minimum Gasteiger partial charge on any atom is -0.490 e. The number of nitrogens with one attached hydrogen (secondary N) is 1. The number of methoxy groups -OCH3 is 1. The SMILES string of the molecule is CCCCNC(=O)[C@H](C)N(Cc1ccccc1)C(=O)COc1ccc([N+](=O)[O-])c(OC)c1. The Balaban J connectivity index is 2.13. The molecule has 1 N–H and O–H groups in total. The highest BCUT2D eigenvalue weighted by Crippen LogP contribution is 2.30. The largest absolute Gasteiger partial charge is 0.490 e. The number of rotatable bonds is 12. The lowest BCUT2D eigenvalue weighted by Crippen LogP contribution is -2.49. The first-order valence-electron chi connectivity index (χ1n) is 10.4. The van der Waals surface area contributed by atoms with Crippen molar-refractivity contribution in [3.63, 3.8) is 0 Å². The van der Waals surface area contributed by atoms with Gasteiger partial charge in [-0.05, 0) is 25.0 Å². The van der Waals surface area contributed by atoms with E-state index >= 15 is 0 Å². The molecule has 0 aliphatic rings. The van der Waals surface area contributed by atoms with Gasteiger partial charge in [-0.25, -0.2) is 0 Å². The van der Waals surface area contributed by atoms with E-state index in [4.69, 9.17) is 9.47 Å². The Morgan fingerprint density at radius 1 is 1.19 bits per heavy atom. The molecule has 2 aromatic rings. The van der Waals surface area contributed by atoms with Crippen molar-refractivity contribution >= 4 is 17.5 Å². The van der Waals surface area contributed by atoms with Gasteiger partial charge in [-0.15, -0.1) is 0 Å². The Kier molecular flexibility index (Phi) is 9.46. The van der Waals surface area contributed by atoms with Gasteiger partial charge in [0, 0.05) is 25.2 Å². The number of amides is 2. The van der Waals surface area contributed by atoms with Gasteiger partial charge in [0.05, 0.1) is 12.0 Å². The summed E-state index contributed by atoms with van der Waals surface area (Å²) in [7, 11) is 1.32. The molecule has 0 aliphatic carbocycles. The number of ether oxygens (including phenoxy) is 2. The van der Waals surface area contributed by atoms with Crippen LogP contribution < -0.4 is 14.8 Å². The summed E-state index contributed by atoms with van der Waals surface area (Å²) < 4.78 is 10.6. The lowest BCUT2D eigenvalue weighted by Gasteiger charge is -2.28. The van der Waals surface area contributed by atoms with Gasteiger partial charge in [-0.3, -0.25) is 19.7 Å². The minimum absolute atomic E-state index is 0.0322. The summed E-state index contributed by atoms with van der Waals surface area (Å²) in [5, 5.41) is 13.9. The summed E-state index contributed by atoms with van der Waals surface area (Å²) in [6, 6.07) is 12.7. The highest BCUT2D eigenvalue weighted by Gasteiger charge is 2.26. The summed E-state index contributed by atoms with van der Waals surface area (Å²) in [5.41, 5.74) is 0.681. The van der Waals surface area contributed by atoms with Crippen molar-refractivity contribution < 1.29 is 24.0 Å². The average molecular weight is 444 g/mol. The van der Waals surface area contributed by atoms with Crippen molar-refractivity contribution in [2.24, 2.45) is 0 Å². The van der Waals surface area contributed by atoms with Crippen LogP contribution in [0.4, 0.5) is 5.69 Å². The highest BCUT2D eigenvalue weighted by molar-refractivity contribution is 5.87. The summed E-state index contributed by atoms with van der Waals surface area (Å²) in [4.78, 5) is 37.5. The van der Waals surface area contributed by atoms with Crippen LogP contribution in [0.5, 0.6) is 11.5 Å². The number of unbranched alkanes of at least 4 members (excludes halogenated alkanes) is 1. The van der Waals surface area contributed by atoms with Gasteiger partial charge < -0.3 is 19.7 Å². The van der Waals surface area contributed by atoms with E-state index < -0.39 is 11.0 Å². The van der Waals surface area contributed by atoms with E-state index in [9.17, 15) is 19.7 Å². The van der Waals surface area contributed by atoms with Gasteiger partial charge >= 0.3 is 5.69 Å². The van der Waals surface area contributed by atoms with E-state index in [0.717, 1.165) is 18.4 Å². The second-order valence-corrected chi connectivity index (χ2v) is 7.21. The van der Waals surface area contributed by atoms with Crippen LogP contribution in [-0.2, 0) is 16.1 Å². The maximum Gasteiger partial charge on any atom is 0.311 e. The number of hydrogen-bond acceptors (Lipinski definition) is 6. The molecule has 1 atom stereocenters. The normalized spacial score (nSPS) is 11.3. The third-order valence-electron chi connectivity index (χ3n) is 4.90. The quantitative estimate of drug-likeness (QED) is 0.306. The van der Waals surface area contributed by atoms with Crippen molar-refractivity contribution in [2.75, 3.05) is 20.3 Å². The Labute approximate surface area is 187 Å². The monoisotopic (exact) mass is 443 g/mol. The maximum absolute atomic E-state index is 13.0. The molecule has 0 unspecified atom stereocenters. The molecule has 0 fully saturated rings. The van der Waals surface area contributed by atoms with E-state index in [0.29, 0.717) is 6.54 Å². The molecule has 9 heteroatoms. The summed E-state index contributed by atoms with van der Waals surface area (Å²) in [5.74, 6) is -0.339. The molecule has 0 saturated heterocycles. The van der Waals surface area contributed by atoms with Gasteiger partial charge in [0.1, 0.15) is 11.8 Å². The molecule has 32 heavy (non-hydrogen) atoms. The first-order valence-corrected chi connectivity index (χ1v) is 10.4. The van der Waals surface area contributed by atoms with Crippen LogP contribution in [0.1, 0.15) is 32.3 Å². The molecular formula is C23H29N3O6.